The molecule has 1 aromatic rings. The van der Waals surface area contributed by atoms with Crippen molar-refractivity contribution in [3.05, 3.63) is 24.0 Å². The van der Waals surface area contributed by atoms with Crippen molar-refractivity contribution in [1.82, 2.24) is 14.8 Å². The quantitative estimate of drug-likeness (QED) is 0.794. The van der Waals surface area contributed by atoms with E-state index in [0.717, 1.165) is 19.4 Å². The normalized spacial score (nSPS) is 21.6. The van der Waals surface area contributed by atoms with Crippen molar-refractivity contribution < 1.29 is 14.7 Å². The van der Waals surface area contributed by atoms with Crippen LogP contribution in [0.1, 0.15) is 23.3 Å². The molecule has 2 amide bonds. The Labute approximate surface area is 118 Å². The first-order valence-electron chi connectivity index (χ1n) is 6.78. The molecule has 6 nitrogen and oxygen atoms in total. The van der Waals surface area contributed by atoms with E-state index in [1.807, 2.05) is 11.9 Å². The number of amides is 2. The highest BCUT2D eigenvalue weighted by Gasteiger charge is 2.28. The first kappa shape index (κ1) is 14.7. The molecule has 20 heavy (non-hydrogen) atoms. The minimum absolute atomic E-state index is 0.179. The lowest BCUT2D eigenvalue weighted by molar-refractivity contribution is -0.121. The molecule has 1 aliphatic carbocycles. The zero-order valence-corrected chi connectivity index (χ0v) is 11.9. The van der Waals surface area contributed by atoms with Gasteiger partial charge in [-0.2, -0.15) is 0 Å². The van der Waals surface area contributed by atoms with Crippen LogP contribution in [-0.4, -0.2) is 52.6 Å². The van der Waals surface area contributed by atoms with Gasteiger partial charge in [-0.1, -0.05) is 0 Å². The average Bonchev–Trinajstić information content (AvgIpc) is 2.73. The fourth-order valence-electron chi connectivity index (χ4n) is 2.53. The van der Waals surface area contributed by atoms with Gasteiger partial charge in [0.2, 0.25) is 5.91 Å². The highest BCUT2D eigenvalue weighted by atomic mass is 16.3. The topological polar surface area (TPSA) is 74.6 Å². The zero-order chi connectivity index (χ0) is 14.7. The number of rotatable bonds is 5. The first-order chi connectivity index (χ1) is 9.45. The lowest BCUT2D eigenvalue weighted by Gasteiger charge is -2.34. The van der Waals surface area contributed by atoms with E-state index < -0.39 is 0 Å². The SMILES string of the molecule is CN(CC(=O)NC(=O)c1cccn1C)CC1CC(O)C1. The molecular weight excluding hydrogens is 258 g/mol. The number of aliphatic hydroxyl groups is 1. The van der Waals surface area contributed by atoms with E-state index >= 15 is 0 Å². The minimum atomic E-state index is -0.380. The van der Waals surface area contributed by atoms with E-state index in [-0.39, 0.29) is 24.5 Å². The highest BCUT2D eigenvalue weighted by Crippen LogP contribution is 2.27. The number of likely N-dealkylation sites (N-methyl/N-ethyl adjacent to an activating group) is 1. The second-order valence-corrected chi connectivity index (χ2v) is 5.57. The molecule has 6 heteroatoms. The van der Waals surface area contributed by atoms with Gasteiger partial charge in [0.25, 0.3) is 5.91 Å². The number of nitrogens with one attached hydrogen (secondary N) is 1. The summed E-state index contributed by atoms with van der Waals surface area (Å²) in [6, 6.07) is 3.43. The molecule has 0 spiro atoms. The van der Waals surface area contributed by atoms with Crippen molar-refractivity contribution >= 4 is 11.8 Å². The van der Waals surface area contributed by atoms with E-state index in [4.69, 9.17) is 0 Å². The Kier molecular flexibility index (Phi) is 4.57. The van der Waals surface area contributed by atoms with Gasteiger partial charge in [0.05, 0.1) is 12.6 Å². The van der Waals surface area contributed by atoms with Gasteiger partial charge in [-0.25, -0.2) is 0 Å². The summed E-state index contributed by atoms with van der Waals surface area (Å²) in [5.74, 6) is -0.236. The van der Waals surface area contributed by atoms with Gasteiger partial charge in [-0.05, 0) is 37.9 Å². The largest absolute Gasteiger partial charge is 0.393 e. The molecule has 0 bridgehead atoms. The van der Waals surface area contributed by atoms with Gasteiger partial charge in [0, 0.05) is 19.8 Å². The number of aliphatic hydroxyl groups excluding tert-OH is 1. The van der Waals surface area contributed by atoms with Crippen LogP contribution in [0.2, 0.25) is 0 Å². The van der Waals surface area contributed by atoms with Gasteiger partial charge in [0.15, 0.2) is 0 Å². The lowest BCUT2D eigenvalue weighted by atomic mass is 9.82. The van der Waals surface area contributed by atoms with Crippen molar-refractivity contribution in [2.45, 2.75) is 18.9 Å². The number of hydrogen-bond acceptors (Lipinski definition) is 4. The molecule has 0 atom stereocenters. The Balaban J connectivity index is 1.74. The Morgan fingerprint density at radius 2 is 2.20 bits per heavy atom. The van der Waals surface area contributed by atoms with Crippen molar-refractivity contribution in [1.29, 1.82) is 0 Å². The predicted octanol–water partition coefficient (Wildman–Crippen LogP) is -0.0158. The van der Waals surface area contributed by atoms with Crippen LogP contribution >= 0.6 is 0 Å². The van der Waals surface area contributed by atoms with Crippen LogP contribution < -0.4 is 5.32 Å². The third kappa shape index (κ3) is 3.68. The Morgan fingerprint density at radius 3 is 2.75 bits per heavy atom. The molecule has 2 N–H and O–H groups in total. The smallest absolute Gasteiger partial charge is 0.274 e. The van der Waals surface area contributed by atoms with Crippen LogP contribution in [0.25, 0.3) is 0 Å². The Bertz CT molecular complexity index is 492. The number of aromatic nitrogens is 1. The summed E-state index contributed by atoms with van der Waals surface area (Å²) in [4.78, 5) is 25.5. The van der Waals surface area contributed by atoms with Crippen molar-refractivity contribution in [2.24, 2.45) is 13.0 Å². The molecule has 0 aromatic carbocycles. The Hall–Kier alpha value is -1.66. The molecule has 2 rings (SSSR count). The van der Waals surface area contributed by atoms with Crippen LogP contribution in [0.15, 0.2) is 18.3 Å². The summed E-state index contributed by atoms with van der Waals surface area (Å²) in [5.41, 5.74) is 0.461. The second-order valence-electron chi connectivity index (χ2n) is 5.57. The summed E-state index contributed by atoms with van der Waals surface area (Å²) in [6.45, 7) is 0.950. The second kappa shape index (κ2) is 6.19. The van der Waals surface area contributed by atoms with E-state index in [1.165, 1.54) is 0 Å². The minimum Gasteiger partial charge on any atom is -0.393 e. The number of carbonyl (C=O) groups is 2. The van der Waals surface area contributed by atoms with Gasteiger partial charge in [0.1, 0.15) is 5.69 Å². The van der Waals surface area contributed by atoms with E-state index in [1.54, 1.807) is 29.9 Å². The predicted molar refractivity (Wildman–Crippen MR) is 74.1 cm³/mol. The molecule has 0 aliphatic heterocycles. The third-order valence-electron chi connectivity index (χ3n) is 3.62. The number of nitrogens with zero attached hydrogens (tertiary/aromatic N) is 2. The zero-order valence-electron chi connectivity index (χ0n) is 11.9. The van der Waals surface area contributed by atoms with Crippen LogP contribution in [0, 0.1) is 5.92 Å². The molecular formula is C14H21N3O3. The fraction of sp³-hybridized carbons (Fsp3) is 0.571. The van der Waals surface area contributed by atoms with Gasteiger partial charge in [-0.3, -0.25) is 19.8 Å². The number of imide groups is 1. The average molecular weight is 279 g/mol. The molecule has 1 fully saturated rings. The monoisotopic (exact) mass is 279 g/mol. The Morgan fingerprint density at radius 1 is 1.50 bits per heavy atom. The number of hydrogen-bond donors (Lipinski definition) is 2. The van der Waals surface area contributed by atoms with Gasteiger partial charge in [-0.15, -0.1) is 0 Å². The third-order valence-corrected chi connectivity index (χ3v) is 3.62. The number of carbonyl (C=O) groups excluding carboxylic acids is 2. The van der Waals surface area contributed by atoms with Crippen LogP contribution in [0.4, 0.5) is 0 Å². The maximum atomic E-state index is 11.8. The summed E-state index contributed by atoms with van der Waals surface area (Å²) in [7, 11) is 3.60. The van der Waals surface area contributed by atoms with E-state index in [2.05, 4.69) is 5.32 Å². The van der Waals surface area contributed by atoms with E-state index in [9.17, 15) is 14.7 Å². The van der Waals surface area contributed by atoms with Crippen molar-refractivity contribution in [3.8, 4) is 0 Å². The summed E-state index contributed by atoms with van der Waals surface area (Å²) in [6.07, 6.45) is 3.18. The van der Waals surface area contributed by atoms with Crippen molar-refractivity contribution in [3.63, 3.8) is 0 Å². The lowest BCUT2D eigenvalue weighted by Crippen LogP contribution is -2.43. The first-order valence-corrected chi connectivity index (χ1v) is 6.78. The standard InChI is InChI=1S/C14H21N3O3/c1-16(8-10-6-11(18)7-10)9-13(19)15-14(20)12-4-3-5-17(12)2/h3-5,10-11,18H,6-9H2,1-2H3,(H,15,19,20). The van der Waals surface area contributed by atoms with Crippen LogP contribution in [-0.2, 0) is 11.8 Å². The molecule has 0 unspecified atom stereocenters. The van der Waals surface area contributed by atoms with E-state index in [0.29, 0.717) is 11.6 Å². The van der Waals surface area contributed by atoms with Gasteiger partial charge < -0.3 is 9.67 Å². The molecule has 110 valence electrons. The summed E-state index contributed by atoms with van der Waals surface area (Å²) in [5, 5.41) is 11.6. The molecule has 1 aromatic heterocycles. The molecule has 0 radical (unpaired) electrons. The molecule has 1 saturated carbocycles. The molecule has 0 saturated heterocycles. The maximum absolute atomic E-state index is 11.8. The van der Waals surface area contributed by atoms with Gasteiger partial charge >= 0.3 is 0 Å². The van der Waals surface area contributed by atoms with Crippen molar-refractivity contribution in [2.75, 3.05) is 20.1 Å². The maximum Gasteiger partial charge on any atom is 0.274 e. The molecule has 1 heterocycles. The van der Waals surface area contributed by atoms with Crippen LogP contribution in [0.5, 0.6) is 0 Å². The highest BCUT2D eigenvalue weighted by molar-refractivity contribution is 6.04. The fourth-order valence-corrected chi connectivity index (χ4v) is 2.53. The summed E-state index contributed by atoms with van der Waals surface area (Å²) >= 11 is 0. The molecule has 1 aliphatic rings. The number of aryl methyl sites for hydroxylation is 1. The van der Waals surface area contributed by atoms with Crippen LogP contribution in [0.3, 0.4) is 0 Å². The summed E-state index contributed by atoms with van der Waals surface area (Å²) < 4.78 is 1.67.